The highest BCUT2D eigenvalue weighted by molar-refractivity contribution is 5.82. The van der Waals surface area contributed by atoms with Crippen LogP contribution in [0.25, 0.3) is 0 Å². The summed E-state index contributed by atoms with van der Waals surface area (Å²) in [5.41, 5.74) is 0.591. The van der Waals surface area contributed by atoms with Gasteiger partial charge in [-0.25, -0.2) is 4.79 Å². The van der Waals surface area contributed by atoms with E-state index in [1.54, 1.807) is 20.8 Å². The molecule has 2 rings (SSSR count). The summed E-state index contributed by atoms with van der Waals surface area (Å²) in [6.07, 6.45) is 2.26. The monoisotopic (exact) mass is 447 g/mol. The van der Waals surface area contributed by atoms with Crippen LogP contribution in [-0.2, 0) is 14.3 Å². The van der Waals surface area contributed by atoms with Gasteiger partial charge in [0.2, 0.25) is 11.8 Å². The topological polar surface area (TPSA) is 97.0 Å². The highest BCUT2D eigenvalue weighted by atomic mass is 16.6. The normalized spacial score (nSPS) is 14.6. The van der Waals surface area contributed by atoms with Crippen molar-refractivity contribution >= 4 is 17.9 Å². The van der Waals surface area contributed by atoms with Crippen molar-refractivity contribution in [2.24, 2.45) is 5.92 Å². The van der Waals surface area contributed by atoms with E-state index >= 15 is 0 Å². The van der Waals surface area contributed by atoms with Crippen LogP contribution >= 0.6 is 0 Å². The lowest BCUT2D eigenvalue weighted by molar-refractivity contribution is -0.133. The molecule has 8 heteroatoms. The summed E-state index contributed by atoms with van der Waals surface area (Å²) >= 11 is 0. The molecule has 2 N–H and O–H groups in total. The third kappa shape index (κ3) is 10.0. The van der Waals surface area contributed by atoms with Crippen LogP contribution in [0.1, 0.15) is 52.0 Å². The molecule has 1 aliphatic heterocycles. The second-order valence-corrected chi connectivity index (χ2v) is 9.25. The Morgan fingerprint density at radius 3 is 2.34 bits per heavy atom. The second kappa shape index (κ2) is 12.3. The molecule has 1 aromatic rings. The van der Waals surface area contributed by atoms with Crippen LogP contribution in [0.5, 0.6) is 5.75 Å². The predicted molar refractivity (Wildman–Crippen MR) is 122 cm³/mol. The molecule has 0 bridgehead atoms. The van der Waals surface area contributed by atoms with Crippen molar-refractivity contribution in [1.29, 1.82) is 0 Å². The number of alkyl carbamates (subject to hydrolysis) is 1. The molecule has 0 unspecified atom stereocenters. The fraction of sp³-hybridized carbons (Fsp3) is 0.625. The molecule has 0 aromatic heterocycles. The lowest BCUT2D eigenvalue weighted by atomic mass is 9.96. The van der Waals surface area contributed by atoms with Gasteiger partial charge >= 0.3 is 6.09 Å². The summed E-state index contributed by atoms with van der Waals surface area (Å²) < 4.78 is 10.8. The van der Waals surface area contributed by atoms with E-state index in [0.29, 0.717) is 45.0 Å². The zero-order chi connectivity index (χ0) is 23.6. The van der Waals surface area contributed by atoms with Crippen LogP contribution in [-0.4, -0.2) is 61.2 Å². The van der Waals surface area contributed by atoms with Gasteiger partial charge in [-0.3, -0.25) is 9.59 Å². The fourth-order valence-electron chi connectivity index (χ4n) is 3.38. The van der Waals surface area contributed by atoms with Gasteiger partial charge in [0.05, 0.1) is 13.2 Å². The van der Waals surface area contributed by atoms with Crippen molar-refractivity contribution in [2.45, 2.75) is 59.0 Å². The molecular formula is C24H37N3O5. The average molecular weight is 448 g/mol. The molecule has 1 aliphatic rings. The number of piperidine rings is 1. The molecule has 1 fully saturated rings. The Hall–Kier alpha value is -2.77. The minimum Gasteiger partial charge on any atom is -0.494 e. The Morgan fingerprint density at radius 1 is 1.06 bits per heavy atom. The summed E-state index contributed by atoms with van der Waals surface area (Å²) in [4.78, 5) is 37.8. The first-order valence-electron chi connectivity index (χ1n) is 11.3. The molecule has 0 saturated carbocycles. The van der Waals surface area contributed by atoms with Crippen molar-refractivity contribution < 1.29 is 23.9 Å². The molecule has 8 nitrogen and oxygen atoms in total. The maximum absolute atomic E-state index is 12.4. The van der Waals surface area contributed by atoms with E-state index in [1.807, 2.05) is 36.1 Å². The highest BCUT2D eigenvalue weighted by Gasteiger charge is 2.23. The van der Waals surface area contributed by atoms with Gasteiger partial charge in [0.25, 0.3) is 0 Å². The van der Waals surface area contributed by atoms with E-state index in [1.165, 1.54) is 5.56 Å². The molecule has 0 aliphatic carbocycles. The zero-order valence-electron chi connectivity index (χ0n) is 19.7. The number of carbonyl (C=O) groups excluding carboxylic acids is 3. The zero-order valence-corrected chi connectivity index (χ0v) is 19.7. The van der Waals surface area contributed by atoms with Crippen molar-refractivity contribution in [2.75, 3.05) is 32.8 Å². The van der Waals surface area contributed by atoms with Crippen molar-refractivity contribution in [3.05, 3.63) is 29.8 Å². The number of hydrogen-bond acceptors (Lipinski definition) is 5. The van der Waals surface area contributed by atoms with E-state index in [0.717, 1.165) is 18.6 Å². The number of amides is 3. The maximum atomic E-state index is 12.4. The average Bonchev–Trinajstić information content (AvgIpc) is 2.74. The largest absolute Gasteiger partial charge is 0.494 e. The number of benzene rings is 1. The molecule has 0 atom stereocenters. The van der Waals surface area contributed by atoms with E-state index in [2.05, 4.69) is 10.6 Å². The van der Waals surface area contributed by atoms with Crippen LogP contribution < -0.4 is 15.4 Å². The molecular weight excluding hydrogens is 410 g/mol. The first-order valence-corrected chi connectivity index (χ1v) is 11.3. The molecule has 32 heavy (non-hydrogen) atoms. The van der Waals surface area contributed by atoms with E-state index in [-0.39, 0.29) is 18.4 Å². The summed E-state index contributed by atoms with van der Waals surface area (Å²) in [6, 6.07) is 7.89. The lowest BCUT2D eigenvalue weighted by Gasteiger charge is -2.32. The van der Waals surface area contributed by atoms with Gasteiger partial charge < -0.3 is 25.0 Å². The Kier molecular flexibility index (Phi) is 9.81. The Labute approximate surface area is 191 Å². The van der Waals surface area contributed by atoms with Crippen LogP contribution in [0.2, 0.25) is 0 Å². The van der Waals surface area contributed by atoms with Gasteiger partial charge in [-0.1, -0.05) is 17.7 Å². The summed E-state index contributed by atoms with van der Waals surface area (Å²) in [5.74, 6) is 1.06. The van der Waals surface area contributed by atoms with Gasteiger partial charge in [0.1, 0.15) is 11.4 Å². The van der Waals surface area contributed by atoms with E-state index < -0.39 is 11.7 Å². The Morgan fingerprint density at radius 2 is 1.72 bits per heavy atom. The molecule has 0 radical (unpaired) electrons. The number of carbonyl (C=O) groups is 3. The quantitative estimate of drug-likeness (QED) is 0.567. The second-order valence-electron chi connectivity index (χ2n) is 9.25. The molecule has 1 saturated heterocycles. The minimum absolute atomic E-state index is 0.114. The third-order valence-electron chi connectivity index (χ3n) is 5.17. The van der Waals surface area contributed by atoms with Crippen molar-refractivity contribution in [1.82, 2.24) is 15.5 Å². The number of rotatable bonds is 9. The number of ether oxygens (including phenoxy) is 2. The number of likely N-dealkylation sites (tertiary alicyclic amines) is 1. The minimum atomic E-state index is -0.608. The smallest absolute Gasteiger partial charge is 0.408 e. The van der Waals surface area contributed by atoms with Gasteiger partial charge in [0.15, 0.2) is 0 Å². The maximum Gasteiger partial charge on any atom is 0.408 e. The highest BCUT2D eigenvalue weighted by Crippen LogP contribution is 2.18. The summed E-state index contributed by atoms with van der Waals surface area (Å²) in [7, 11) is 0. The van der Waals surface area contributed by atoms with Crippen LogP contribution in [0.4, 0.5) is 4.79 Å². The van der Waals surface area contributed by atoms with Crippen molar-refractivity contribution in [3.8, 4) is 5.75 Å². The number of nitrogens with one attached hydrogen (secondary N) is 2. The molecule has 3 amide bonds. The van der Waals surface area contributed by atoms with E-state index in [4.69, 9.17) is 9.47 Å². The first-order chi connectivity index (χ1) is 15.1. The molecule has 0 spiro atoms. The van der Waals surface area contributed by atoms with E-state index in [9.17, 15) is 14.4 Å². The number of hydrogen-bond donors (Lipinski definition) is 2. The first kappa shape index (κ1) is 25.5. The molecule has 1 heterocycles. The van der Waals surface area contributed by atoms with Crippen LogP contribution in [0, 0.1) is 12.8 Å². The van der Waals surface area contributed by atoms with Crippen LogP contribution in [0.3, 0.4) is 0 Å². The summed E-state index contributed by atoms with van der Waals surface area (Å²) in [6.45, 7) is 9.69. The van der Waals surface area contributed by atoms with Crippen molar-refractivity contribution in [3.63, 3.8) is 0 Å². The van der Waals surface area contributed by atoms with Gasteiger partial charge in [-0.2, -0.15) is 0 Å². The Bertz CT molecular complexity index is 750. The van der Waals surface area contributed by atoms with Crippen LogP contribution in [0.15, 0.2) is 24.3 Å². The van der Waals surface area contributed by atoms with Gasteiger partial charge in [-0.05, 0) is 65.0 Å². The van der Waals surface area contributed by atoms with Gasteiger partial charge in [0, 0.05) is 26.1 Å². The SMILES string of the molecule is Cc1ccc(OCCCC(=O)N2CCC(CNC(=O)CNC(=O)OC(C)(C)C)CC2)cc1. The summed E-state index contributed by atoms with van der Waals surface area (Å²) in [5, 5.41) is 5.30. The number of nitrogens with zero attached hydrogens (tertiary/aromatic N) is 1. The lowest BCUT2D eigenvalue weighted by Crippen LogP contribution is -2.44. The third-order valence-corrected chi connectivity index (χ3v) is 5.17. The fourth-order valence-corrected chi connectivity index (χ4v) is 3.38. The Balaban J connectivity index is 1.55. The standard InChI is InChI=1S/C24H37N3O5/c1-18-7-9-20(10-8-18)31-15-5-6-22(29)27-13-11-19(12-14-27)16-25-21(28)17-26-23(30)32-24(2,3)4/h7-10,19H,5-6,11-17H2,1-4H3,(H,25,28)(H,26,30). The molecule has 1 aromatic carbocycles. The molecule has 178 valence electrons. The predicted octanol–water partition coefficient (Wildman–Crippen LogP) is 3.03. The van der Waals surface area contributed by atoms with Gasteiger partial charge in [-0.15, -0.1) is 0 Å². The number of aryl methyl sites for hydroxylation is 1.